The molecule has 2 atom stereocenters. The highest BCUT2D eigenvalue weighted by Crippen LogP contribution is 2.43. The number of likely N-dealkylation sites (N-methyl/N-ethyl adjacent to an activating group) is 1. The molecular formula is C62H121NO8P+. The number of nitrogens with zero attached hydrogens (tertiary/aromatic N) is 1. The Kier molecular flexibility index (Phi) is 53.1. The summed E-state index contributed by atoms with van der Waals surface area (Å²) in [6.45, 7) is 4.45. The fourth-order valence-electron chi connectivity index (χ4n) is 9.17. The zero-order valence-corrected chi connectivity index (χ0v) is 49.3. The van der Waals surface area contributed by atoms with E-state index in [2.05, 4.69) is 38.2 Å². The third-order valence-corrected chi connectivity index (χ3v) is 15.0. The number of unbranched alkanes of at least 4 members (excludes halogenated alkanes) is 40. The third-order valence-electron chi connectivity index (χ3n) is 14.0. The zero-order chi connectivity index (χ0) is 52.7. The number of phosphoric acid groups is 1. The minimum absolute atomic E-state index is 0.0311. The molecule has 426 valence electrons. The highest BCUT2D eigenvalue weighted by Gasteiger charge is 2.27. The molecule has 0 aromatic rings. The number of phosphoric ester groups is 1. The molecule has 1 N–H and O–H groups in total. The minimum Gasteiger partial charge on any atom is -0.462 e. The number of ether oxygens (including phenoxy) is 2. The molecule has 0 rings (SSSR count). The maximum absolute atomic E-state index is 12.8. The summed E-state index contributed by atoms with van der Waals surface area (Å²) in [6, 6.07) is 0. The van der Waals surface area contributed by atoms with Gasteiger partial charge in [-0.05, 0) is 44.9 Å². The maximum atomic E-state index is 12.8. The zero-order valence-electron chi connectivity index (χ0n) is 48.4. The number of quaternary nitrogens is 1. The third kappa shape index (κ3) is 57.8. The van der Waals surface area contributed by atoms with E-state index in [0.717, 1.165) is 57.8 Å². The van der Waals surface area contributed by atoms with Gasteiger partial charge in [0.2, 0.25) is 0 Å². The van der Waals surface area contributed by atoms with Crippen LogP contribution < -0.4 is 0 Å². The Labute approximate surface area is 447 Å². The van der Waals surface area contributed by atoms with Gasteiger partial charge in [-0.3, -0.25) is 18.6 Å². The van der Waals surface area contributed by atoms with Crippen LogP contribution in [0.4, 0.5) is 0 Å². The molecule has 0 aliphatic rings. The molecule has 0 radical (unpaired) electrons. The molecular weight excluding hydrogens is 918 g/mol. The van der Waals surface area contributed by atoms with E-state index in [1.165, 1.54) is 218 Å². The van der Waals surface area contributed by atoms with Gasteiger partial charge in [0.15, 0.2) is 6.10 Å². The van der Waals surface area contributed by atoms with E-state index in [0.29, 0.717) is 23.9 Å². The van der Waals surface area contributed by atoms with E-state index in [4.69, 9.17) is 18.5 Å². The van der Waals surface area contributed by atoms with Crippen LogP contribution in [0.25, 0.3) is 0 Å². The van der Waals surface area contributed by atoms with E-state index in [1.54, 1.807) is 0 Å². The predicted molar refractivity (Wildman–Crippen MR) is 307 cm³/mol. The van der Waals surface area contributed by atoms with E-state index < -0.39 is 26.5 Å². The number of hydrogen-bond donors (Lipinski definition) is 1. The van der Waals surface area contributed by atoms with Crippen LogP contribution in [-0.2, 0) is 32.7 Å². The lowest BCUT2D eigenvalue weighted by atomic mass is 10.0. The van der Waals surface area contributed by atoms with Crippen molar-refractivity contribution in [2.24, 2.45) is 0 Å². The van der Waals surface area contributed by atoms with Gasteiger partial charge in [0.1, 0.15) is 19.8 Å². The summed E-state index contributed by atoms with van der Waals surface area (Å²) in [6.07, 6.45) is 65.6. The maximum Gasteiger partial charge on any atom is 0.472 e. The molecule has 0 aliphatic heterocycles. The molecule has 0 heterocycles. The summed E-state index contributed by atoms with van der Waals surface area (Å²) in [7, 11) is 1.48. The van der Waals surface area contributed by atoms with E-state index >= 15 is 0 Å². The quantitative estimate of drug-likeness (QED) is 0.0211. The van der Waals surface area contributed by atoms with Gasteiger partial charge in [-0.15, -0.1) is 0 Å². The fraction of sp³-hybridized carbons (Fsp3) is 0.903. The molecule has 0 aromatic heterocycles. The largest absolute Gasteiger partial charge is 0.472 e. The Morgan fingerprint density at radius 1 is 0.431 bits per heavy atom. The minimum atomic E-state index is -4.39. The number of carbonyl (C=O) groups is 2. The van der Waals surface area contributed by atoms with Crippen LogP contribution in [-0.4, -0.2) is 74.9 Å². The molecule has 0 bridgehead atoms. The van der Waals surface area contributed by atoms with Gasteiger partial charge in [0.05, 0.1) is 27.7 Å². The Morgan fingerprint density at radius 3 is 1.11 bits per heavy atom. The van der Waals surface area contributed by atoms with Crippen LogP contribution in [0.15, 0.2) is 24.3 Å². The lowest BCUT2D eigenvalue weighted by Gasteiger charge is -2.24. The Morgan fingerprint density at radius 2 is 0.750 bits per heavy atom. The second-order valence-corrected chi connectivity index (χ2v) is 23.9. The average Bonchev–Trinajstić information content (AvgIpc) is 3.34. The highest BCUT2D eigenvalue weighted by molar-refractivity contribution is 7.47. The number of allylic oxidation sites excluding steroid dienone is 4. The Hall–Kier alpha value is -1.51. The van der Waals surface area contributed by atoms with Crippen molar-refractivity contribution in [3.05, 3.63) is 24.3 Å². The number of esters is 2. The van der Waals surface area contributed by atoms with Gasteiger partial charge in [-0.25, -0.2) is 4.57 Å². The first-order valence-corrected chi connectivity index (χ1v) is 32.6. The first-order valence-electron chi connectivity index (χ1n) is 31.1. The van der Waals surface area contributed by atoms with Crippen molar-refractivity contribution in [1.82, 2.24) is 0 Å². The molecule has 0 saturated heterocycles. The van der Waals surface area contributed by atoms with Gasteiger partial charge in [0, 0.05) is 12.8 Å². The van der Waals surface area contributed by atoms with Crippen molar-refractivity contribution in [2.75, 3.05) is 47.5 Å². The fourth-order valence-corrected chi connectivity index (χ4v) is 9.91. The standard InChI is InChI=1S/C62H120NO8P/c1-6-8-10-12-14-16-18-20-22-24-25-26-27-28-29-30-31-32-33-34-35-36-37-38-39-41-42-44-46-48-50-52-54-61(64)68-58-60(59-70-72(66,67)69-57-56-63(3,4)5)71-62(65)55-53-51-49-47-45-43-40-23-21-19-17-15-13-11-9-7-2/h17,19,23,40,60H,6-16,18,20-22,24-39,41-59H2,1-5H3/p+1/b19-17-,40-23-. The van der Waals surface area contributed by atoms with Crippen LogP contribution in [0.2, 0.25) is 0 Å². The topological polar surface area (TPSA) is 108 Å². The van der Waals surface area contributed by atoms with Crippen molar-refractivity contribution < 1.29 is 42.1 Å². The summed E-state index contributed by atoms with van der Waals surface area (Å²) in [5.74, 6) is -0.798. The molecule has 0 saturated carbocycles. The highest BCUT2D eigenvalue weighted by atomic mass is 31.2. The molecule has 2 unspecified atom stereocenters. The van der Waals surface area contributed by atoms with Crippen molar-refractivity contribution in [2.45, 2.75) is 315 Å². The number of hydrogen-bond acceptors (Lipinski definition) is 7. The first-order chi connectivity index (χ1) is 35.0. The van der Waals surface area contributed by atoms with Crippen molar-refractivity contribution in [3.8, 4) is 0 Å². The van der Waals surface area contributed by atoms with E-state index in [-0.39, 0.29) is 25.6 Å². The summed E-state index contributed by atoms with van der Waals surface area (Å²) in [4.78, 5) is 35.7. The van der Waals surface area contributed by atoms with Gasteiger partial charge in [-0.2, -0.15) is 0 Å². The van der Waals surface area contributed by atoms with Gasteiger partial charge in [0.25, 0.3) is 0 Å². The Bertz CT molecular complexity index is 1270. The normalized spacial score (nSPS) is 13.4. The monoisotopic (exact) mass is 1040 g/mol. The average molecular weight is 1040 g/mol. The summed E-state index contributed by atoms with van der Waals surface area (Å²) in [5.41, 5.74) is 0. The molecule has 0 spiro atoms. The Balaban J connectivity index is 3.98. The molecule has 10 heteroatoms. The second kappa shape index (κ2) is 54.3. The molecule has 9 nitrogen and oxygen atoms in total. The van der Waals surface area contributed by atoms with Gasteiger partial charge >= 0.3 is 19.8 Å². The van der Waals surface area contributed by atoms with Crippen molar-refractivity contribution in [1.29, 1.82) is 0 Å². The lowest BCUT2D eigenvalue weighted by molar-refractivity contribution is -0.870. The lowest BCUT2D eigenvalue weighted by Crippen LogP contribution is -2.37. The molecule has 72 heavy (non-hydrogen) atoms. The molecule has 0 aliphatic carbocycles. The summed E-state index contributed by atoms with van der Waals surface area (Å²) in [5, 5.41) is 0. The van der Waals surface area contributed by atoms with Crippen LogP contribution in [0, 0.1) is 0 Å². The first kappa shape index (κ1) is 70.5. The van der Waals surface area contributed by atoms with Gasteiger partial charge in [-0.1, -0.05) is 276 Å². The second-order valence-electron chi connectivity index (χ2n) is 22.5. The van der Waals surface area contributed by atoms with Crippen LogP contribution in [0.3, 0.4) is 0 Å². The molecule has 0 fully saturated rings. The van der Waals surface area contributed by atoms with Crippen molar-refractivity contribution in [3.63, 3.8) is 0 Å². The van der Waals surface area contributed by atoms with Gasteiger partial charge < -0.3 is 18.9 Å². The number of rotatable bonds is 58. The summed E-state index contributed by atoms with van der Waals surface area (Å²) >= 11 is 0. The molecule has 0 aromatic carbocycles. The van der Waals surface area contributed by atoms with E-state index in [9.17, 15) is 19.0 Å². The predicted octanol–water partition coefficient (Wildman–Crippen LogP) is 19.4. The smallest absolute Gasteiger partial charge is 0.462 e. The van der Waals surface area contributed by atoms with Crippen LogP contribution in [0.5, 0.6) is 0 Å². The molecule has 0 amide bonds. The van der Waals surface area contributed by atoms with E-state index in [1.807, 2.05) is 21.1 Å². The van der Waals surface area contributed by atoms with Crippen LogP contribution in [0.1, 0.15) is 309 Å². The number of carbonyl (C=O) groups excluding carboxylic acids is 2. The van der Waals surface area contributed by atoms with Crippen LogP contribution >= 0.6 is 7.82 Å². The summed E-state index contributed by atoms with van der Waals surface area (Å²) < 4.78 is 34.6. The van der Waals surface area contributed by atoms with Crippen molar-refractivity contribution >= 4 is 19.8 Å². The SMILES string of the molecule is CCCCCC/C=C\C/C=C\CCCCCCCC(=O)OC(COC(=O)CCCCCCCCCCCCCCCCCCCCCCCCCCCCCCCCCC)COP(=O)(O)OCC[N+](C)(C)C.